The van der Waals surface area contributed by atoms with Gasteiger partial charge in [-0.1, -0.05) is 13.8 Å². The Balaban J connectivity index is 2.34. The Morgan fingerprint density at radius 2 is 2.19 bits per heavy atom. The summed E-state index contributed by atoms with van der Waals surface area (Å²) >= 11 is 1.19. The predicted octanol–water partition coefficient (Wildman–Crippen LogP) is 2.17. The highest BCUT2D eigenvalue weighted by Crippen LogP contribution is 2.21. The molecule has 0 saturated heterocycles. The molecule has 1 N–H and O–H groups in total. The van der Waals surface area contributed by atoms with Gasteiger partial charge in [-0.25, -0.2) is 4.79 Å². The molecule has 1 heterocycles. The highest BCUT2D eigenvalue weighted by Gasteiger charge is 2.07. The molecule has 5 heteroatoms. The first-order valence-electron chi connectivity index (χ1n) is 5.34. The van der Waals surface area contributed by atoms with E-state index in [0.717, 1.165) is 19.6 Å². The quantitative estimate of drug-likeness (QED) is 0.797. The SMILES string of the molecule is CCN(CC)CCOc1csc(C(=O)O)c1. The molecule has 1 rings (SSSR count). The van der Waals surface area contributed by atoms with Gasteiger partial charge in [-0.3, -0.25) is 0 Å². The lowest BCUT2D eigenvalue weighted by Crippen LogP contribution is -2.27. The van der Waals surface area contributed by atoms with Crippen LogP contribution in [0.1, 0.15) is 23.5 Å². The van der Waals surface area contributed by atoms with Crippen molar-refractivity contribution >= 4 is 17.3 Å². The van der Waals surface area contributed by atoms with Crippen molar-refractivity contribution in [3.63, 3.8) is 0 Å². The van der Waals surface area contributed by atoms with Gasteiger partial charge in [0.15, 0.2) is 0 Å². The van der Waals surface area contributed by atoms with E-state index in [0.29, 0.717) is 17.2 Å². The molecule has 0 unspecified atom stereocenters. The smallest absolute Gasteiger partial charge is 0.346 e. The van der Waals surface area contributed by atoms with Gasteiger partial charge in [0.1, 0.15) is 17.2 Å². The van der Waals surface area contributed by atoms with Crippen LogP contribution < -0.4 is 4.74 Å². The lowest BCUT2D eigenvalue weighted by atomic mass is 10.4. The van der Waals surface area contributed by atoms with Gasteiger partial charge in [0.2, 0.25) is 0 Å². The number of hydrogen-bond acceptors (Lipinski definition) is 4. The highest BCUT2D eigenvalue weighted by molar-refractivity contribution is 7.12. The molecule has 0 fully saturated rings. The molecule has 0 aliphatic heterocycles. The van der Waals surface area contributed by atoms with Gasteiger partial charge in [0, 0.05) is 18.0 Å². The number of likely N-dealkylation sites (N-methyl/N-ethyl adjacent to an activating group) is 1. The van der Waals surface area contributed by atoms with Crippen LogP contribution in [0.3, 0.4) is 0 Å². The Bertz CT molecular complexity index is 334. The molecule has 16 heavy (non-hydrogen) atoms. The Hall–Kier alpha value is -1.07. The molecule has 0 saturated carbocycles. The fraction of sp³-hybridized carbons (Fsp3) is 0.545. The summed E-state index contributed by atoms with van der Waals surface area (Å²) < 4.78 is 5.48. The Morgan fingerprint density at radius 3 is 2.69 bits per heavy atom. The van der Waals surface area contributed by atoms with E-state index >= 15 is 0 Å². The van der Waals surface area contributed by atoms with Gasteiger partial charge in [-0.15, -0.1) is 11.3 Å². The summed E-state index contributed by atoms with van der Waals surface area (Å²) in [5.74, 6) is -0.252. The molecule has 90 valence electrons. The Morgan fingerprint density at radius 1 is 1.50 bits per heavy atom. The van der Waals surface area contributed by atoms with Gasteiger partial charge >= 0.3 is 5.97 Å². The van der Waals surface area contributed by atoms with Crippen LogP contribution >= 0.6 is 11.3 Å². The number of carboxylic acid groups (broad SMARTS) is 1. The molecule has 0 aromatic carbocycles. The molecule has 0 spiro atoms. The van der Waals surface area contributed by atoms with Crippen molar-refractivity contribution in [1.82, 2.24) is 4.90 Å². The molecule has 4 nitrogen and oxygen atoms in total. The summed E-state index contributed by atoms with van der Waals surface area (Å²) in [6, 6.07) is 1.56. The van der Waals surface area contributed by atoms with E-state index < -0.39 is 5.97 Å². The van der Waals surface area contributed by atoms with Crippen LogP contribution in [-0.4, -0.2) is 42.2 Å². The number of thiophene rings is 1. The third kappa shape index (κ3) is 3.83. The van der Waals surface area contributed by atoms with E-state index in [1.807, 2.05) is 0 Å². The maximum Gasteiger partial charge on any atom is 0.346 e. The first-order valence-corrected chi connectivity index (χ1v) is 6.22. The van der Waals surface area contributed by atoms with Crippen LogP contribution in [0.15, 0.2) is 11.4 Å². The number of nitrogens with zero attached hydrogens (tertiary/aromatic N) is 1. The van der Waals surface area contributed by atoms with Crippen molar-refractivity contribution in [3.05, 3.63) is 16.3 Å². The van der Waals surface area contributed by atoms with E-state index in [4.69, 9.17) is 9.84 Å². The second-order valence-corrected chi connectivity index (χ2v) is 4.24. The van der Waals surface area contributed by atoms with Crippen molar-refractivity contribution < 1.29 is 14.6 Å². The van der Waals surface area contributed by atoms with E-state index in [9.17, 15) is 4.79 Å². The number of carboxylic acids is 1. The minimum Gasteiger partial charge on any atom is -0.491 e. The van der Waals surface area contributed by atoms with Gasteiger partial charge in [0.05, 0.1) is 0 Å². The summed E-state index contributed by atoms with van der Waals surface area (Å²) in [4.78, 5) is 13.2. The molecule has 0 amide bonds. The van der Waals surface area contributed by atoms with Gasteiger partial charge in [0.25, 0.3) is 0 Å². The second-order valence-electron chi connectivity index (χ2n) is 3.33. The molecule has 0 radical (unpaired) electrons. The van der Waals surface area contributed by atoms with Crippen LogP contribution in [0.4, 0.5) is 0 Å². The van der Waals surface area contributed by atoms with Crippen LogP contribution in [0.5, 0.6) is 5.75 Å². The fourth-order valence-electron chi connectivity index (χ4n) is 1.34. The molecular weight excluding hydrogens is 226 g/mol. The zero-order chi connectivity index (χ0) is 12.0. The summed E-state index contributed by atoms with van der Waals surface area (Å²) in [5.41, 5.74) is 0. The molecule has 0 atom stereocenters. The molecular formula is C11H17NO3S. The van der Waals surface area contributed by atoms with Crippen molar-refractivity contribution in [1.29, 1.82) is 0 Å². The van der Waals surface area contributed by atoms with Crippen LogP contribution in [-0.2, 0) is 0 Å². The standard InChI is InChI=1S/C11H17NO3S/c1-3-12(4-2)5-6-15-9-7-10(11(13)14)16-8-9/h7-8H,3-6H2,1-2H3,(H,13,14). The number of aromatic carboxylic acids is 1. The molecule has 0 aliphatic carbocycles. The third-order valence-electron chi connectivity index (χ3n) is 2.36. The summed E-state index contributed by atoms with van der Waals surface area (Å²) in [7, 11) is 0. The van der Waals surface area contributed by atoms with Gasteiger partial charge < -0.3 is 14.7 Å². The van der Waals surface area contributed by atoms with Crippen LogP contribution in [0.2, 0.25) is 0 Å². The van der Waals surface area contributed by atoms with Gasteiger partial charge in [-0.2, -0.15) is 0 Å². The average molecular weight is 243 g/mol. The molecule has 1 aromatic heterocycles. The van der Waals surface area contributed by atoms with Crippen molar-refractivity contribution in [2.45, 2.75) is 13.8 Å². The fourth-order valence-corrected chi connectivity index (χ4v) is 2.00. The van der Waals surface area contributed by atoms with Crippen molar-refractivity contribution in [2.24, 2.45) is 0 Å². The minimum absolute atomic E-state index is 0.317. The first kappa shape index (κ1) is 13.0. The summed E-state index contributed by atoms with van der Waals surface area (Å²) in [6.45, 7) is 7.68. The minimum atomic E-state index is -0.899. The normalized spacial score (nSPS) is 10.7. The Kier molecular flexibility index (Phi) is 5.28. The number of carbonyl (C=O) groups is 1. The van der Waals surface area contributed by atoms with E-state index in [-0.39, 0.29) is 0 Å². The topological polar surface area (TPSA) is 49.8 Å². The highest BCUT2D eigenvalue weighted by atomic mass is 32.1. The first-order chi connectivity index (χ1) is 7.67. The van der Waals surface area contributed by atoms with E-state index in [1.165, 1.54) is 11.3 Å². The van der Waals surface area contributed by atoms with E-state index in [1.54, 1.807) is 11.4 Å². The monoisotopic (exact) mass is 243 g/mol. The molecule has 1 aromatic rings. The zero-order valence-electron chi connectivity index (χ0n) is 9.60. The Labute approximate surface area is 99.5 Å². The molecule has 0 aliphatic rings. The number of hydrogen-bond donors (Lipinski definition) is 1. The molecule has 0 bridgehead atoms. The van der Waals surface area contributed by atoms with E-state index in [2.05, 4.69) is 18.7 Å². The van der Waals surface area contributed by atoms with Crippen LogP contribution in [0.25, 0.3) is 0 Å². The van der Waals surface area contributed by atoms with Crippen molar-refractivity contribution in [3.8, 4) is 5.75 Å². The van der Waals surface area contributed by atoms with Crippen LogP contribution in [0, 0.1) is 0 Å². The summed E-state index contributed by atoms with van der Waals surface area (Å²) in [6.07, 6.45) is 0. The maximum atomic E-state index is 10.6. The lowest BCUT2D eigenvalue weighted by Gasteiger charge is -2.17. The van der Waals surface area contributed by atoms with Gasteiger partial charge in [-0.05, 0) is 13.1 Å². The third-order valence-corrected chi connectivity index (χ3v) is 3.25. The average Bonchev–Trinajstić information content (AvgIpc) is 2.73. The van der Waals surface area contributed by atoms with Crippen molar-refractivity contribution in [2.75, 3.05) is 26.2 Å². The maximum absolute atomic E-state index is 10.6. The zero-order valence-corrected chi connectivity index (χ0v) is 10.4. The number of ether oxygens (including phenoxy) is 1. The second kappa shape index (κ2) is 6.50. The predicted molar refractivity (Wildman–Crippen MR) is 64.6 cm³/mol. The lowest BCUT2D eigenvalue weighted by molar-refractivity contribution is 0.0702. The summed E-state index contributed by atoms with van der Waals surface area (Å²) in [5, 5.41) is 10.5. The number of rotatable bonds is 7. The largest absolute Gasteiger partial charge is 0.491 e.